The average molecular weight is 289 g/mol. The number of nitrogens with zero attached hydrogens (tertiary/aromatic N) is 1. The minimum atomic E-state index is -0.455. The molecule has 1 atom stereocenters. The number of likely N-dealkylation sites (tertiary alicyclic amines) is 1. The molecular weight excluding hydrogens is 266 g/mol. The Labute approximate surface area is 125 Å². The first-order valence-electron chi connectivity index (χ1n) is 7.40. The molecule has 1 aromatic rings. The van der Waals surface area contributed by atoms with E-state index in [-0.39, 0.29) is 17.9 Å². The summed E-state index contributed by atoms with van der Waals surface area (Å²) in [4.78, 5) is 25.8. The highest BCUT2D eigenvalue weighted by Crippen LogP contribution is 2.13. The molecule has 0 aromatic heterocycles. The standard InChI is InChI=1S/C16H23N3O2/c1-11-5-3-4-6-14(11)15(20)18-13-7-9-19(10-8-13)16(21)12(2)17/h3-6,12-13H,7-10,17H2,1-2H3,(H,18,20). The van der Waals surface area contributed by atoms with Gasteiger partial charge in [-0.2, -0.15) is 0 Å². The first kappa shape index (κ1) is 15.5. The molecule has 0 aliphatic carbocycles. The summed E-state index contributed by atoms with van der Waals surface area (Å²) < 4.78 is 0. The van der Waals surface area contributed by atoms with Crippen LogP contribution in [-0.4, -0.2) is 41.9 Å². The van der Waals surface area contributed by atoms with Gasteiger partial charge in [-0.05, 0) is 38.3 Å². The zero-order valence-corrected chi connectivity index (χ0v) is 12.6. The number of rotatable bonds is 3. The van der Waals surface area contributed by atoms with Gasteiger partial charge in [0.05, 0.1) is 6.04 Å². The van der Waals surface area contributed by atoms with Crippen LogP contribution in [0.2, 0.25) is 0 Å². The van der Waals surface area contributed by atoms with Crippen molar-refractivity contribution in [1.29, 1.82) is 0 Å². The molecule has 0 spiro atoms. The molecule has 1 unspecified atom stereocenters. The van der Waals surface area contributed by atoms with Gasteiger partial charge in [-0.3, -0.25) is 9.59 Å². The highest BCUT2D eigenvalue weighted by Gasteiger charge is 2.25. The molecule has 2 amide bonds. The molecule has 1 aliphatic heterocycles. The van der Waals surface area contributed by atoms with Crippen LogP contribution >= 0.6 is 0 Å². The Kier molecular flexibility index (Phi) is 4.96. The molecule has 0 radical (unpaired) electrons. The minimum Gasteiger partial charge on any atom is -0.349 e. The Balaban J connectivity index is 1.88. The maximum absolute atomic E-state index is 12.2. The Morgan fingerprint density at radius 1 is 1.29 bits per heavy atom. The van der Waals surface area contributed by atoms with Crippen molar-refractivity contribution < 1.29 is 9.59 Å². The first-order valence-corrected chi connectivity index (χ1v) is 7.40. The van der Waals surface area contributed by atoms with Crippen LogP contribution in [0.25, 0.3) is 0 Å². The summed E-state index contributed by atoms with van der Waals surface area (Å²) in [6.45, 7) is 4.94. The number of nitrogens with one attached hydrogen (secondary N) is 1. The number of carbonyl (C=O) groups is 2. The van der Waals surface area contributed by atoms with Gasteiger partial charge in [0.25, 0.3) is 5.91 Å². The molecule has 0 saturated carbocycles. The molecule has 0 bridgehead atoms. The summed E-state index contributed by atoms with van der Waals surface area (Å²) in [5, 5.41) is 3.06. The van der Waals surface area contributed by atoms with E-state index in [9.17, 15) is 9.59 Å². The summed E-state index contributed by atoms with van der Waals surface area (Å²) in [6, 6.07) is 7.21. The minimum absolute atomic E-state index is 0.0151. The normalized spacial score (nSPS) is 17.4. The number of carbonyl (C=O) groups excluding carboxylic acids is 2. The summed E-state index contributed by atoms with van der Waals surface area (Å²) in [5.74, 6) is -0.0521. The van der Waals surface area contributed by atoms with E-state index >= 15 is 0 Å². The van der Waals surface area contributed by atoms with E-state index in [1.165, 1.54) is 0 Å². The van der Waals surface area contributed by atoms with Crippen molar-refractivity contribution in [2.24, 2.45) is 5.73 Å². The largest absolute Gasteiger partial charge is 0.349 e. The van der Waals surface area contributed by atoms with Crippen LogP contribution in [0.15, 0.2) is 24.3 Å². The van der Waals surface area contributed by atoms with Gasteiger partial charge in [-0.1, -0.05) is 18.2 Å². The molecule has 21 heavy (non-hydrogen) atoms. The lowest BCUT2D eigenvalue weighted by atomic mass is 10.0. The van der Waals surface area contributed by atoms with E-state index in [1.807, 2.05) is 31.2 Å². The second-order valence-corrected chi connectivity index (χ2v) is 5.68. The molecule has 1 fully saturated rings. The first-order chi connectivity index (χ1) is 9.99. The van der Waals surface area contributed by atoms with Gasteiger partial charge >= 0.3 is 0 Å². The predicted octanol–water partition coefficient (Wildman–Crippen LogP) is 1.06. The molecular formula is C16H23N3O2. The zero-order chi connectivity index (χ0) is 15.4. The van der Waals surface area contributed by atoms with Gasteiger partial charge in [-0.25, -0.2) is 0 Å². The van der Waals surface area contributed by atoms with E-state index in [2.05, 4.69) is 5.32 Å². The fraction of sp³-hybridized carbons (Fsp3) is 0.500. The van der Waals surface area contributed by atoms with Crippen molar-refractivity contribution in [2.45, 2.75) is 38.8 Å². The number of piperidine rings is 1. The van der Waals surface area contributed by atoms with Gasteiger partial charge < -0.3 is 16.0 Å². The van der Waals surface area contributed by atoms with Crippen LogP contribution < -0.4 is 11.1 Å². The van der Waals surface area contributed by atoms with Crippen LogP contribution in [0, 0.1) is 6.92 Å². The van der Waals surface area contributed by atoms with Crippen molar-refractivity contribution >= 4 is 11.8 Å². The maximum Gasteiger partial charge on any atom is 0.251 e. The highest BCUT2D eigenvalue weighted by molar-refractivity contribution is 5.95. The van der Waals surface area contributed by atoms with Crippen molar-refractivity contribution in [3.63, 3.8) is 0 Å². The number of aryl methyl sites for hydroxylation is 1. The monoisotopic (exact) mass is 289 g/mol. The second kappa shape index (κ2) is 6.72. The molecule has 5 heteroatoms. The number of benzene rings is 1. The summed E-state index contributed by atoms with van der Waals surface area (Å²) in [7, 11) is 0. The third-order valence-electron chi connectivity index (χ3n) is 3.92. The fourth-order valence-corrected chi connectivity index (χ4v) is 2.62. The van der Waals surface area contributed by atoms with E-state index in [4.69, 9.17) is 5.73 Å². The van der Waals surface area contributed by atoms with Gasteiger partial charge in [0.2, 0.25) is 5.91 Å². The predicted molar refractivity (Wildman–Crippen MR) is 81.9 cm³/mol. The van der Waals surface area contributed by atoms with Crippen molar-refractivity contribution in [2.75, 3.05) is 13.1 Å². The van der Waals surface area contributed by atoms with E-state index < -0.39 is 6.04 Å². The lowest BCUT2D eigenvalue weighted by Gasteiger charge is -2.33. The van der Waals surface area contributed by atoms with Crippen molar-refractivity contribution in [3.8, 4) is 0 Å². The SMILES string of the molecule is Cc1ccccc1C(=O)NC1CCN(C(=O)C(C)N)CC1. The molecule has 1 aliphatic rings. The highest BCUT2D eigenvalue weighted by atomic mass is 16.2. The Bertz CT molecular complexity index is 520. The third kappa shape index (κ3) is 3.82. The Morgan fingerprint density at radius 2 is 1.90 bits per heavy atom. The topological polar surface area (TPSA) is 75.4 Å². The van der Waals surface area contributed by atoms with Crippen LogP contribution in [0.3, 0.4) is 0 Å². The Hall–Kier alpha value is -1.88. The van der Waals surface area contributed by atoms with Gasteiger partial charge in [0.1, 0.15) is 0 Å². The Morgan fingerprint density at radius 3 is 2.48 bits per heavy atom. The molecule has 2 rings (SSSR count). The number of amides is 2. The summed E-state index contributed by atoms with van der Waals surface area (Å²) in [6.07, 6.45) is 1.55. The molecule has 1 saturated heterocycles. The van der Waals surface area contributed by atoms with E-state index in [1.54, 1.807) is 11.8 Å². The molecule has 3 N–H and O–H groups in total. The second-order valence-electron chi connectivity index (χ2n) is 5.68. The smallest absolute Gasteiger partial charge is 0.251 e. The lowest BCUT2D eigenvalue weighted by Crippen LogP contribution is -2.50. The molecule has 1 aromatic carbocycles. The average Bonchev–Trinajstić information content (AvgIpc) is 2.47. The van der Waals surface area contributed by atoms with Crippen LogP contribution in [0.5, 0.6) is 0 Å². The molecule has 5 nitrogen and oxygen atoms in total. The van der Waals surface area contributed by atoms with Crippen LogP contribution in [-0.2, 0) is 4.79 Å². The lowest BCUT2D eigenvalue weighted by molar-refractivity contribution is -0.133. The number of hydrogen-bond acceptors (Lipinski definition) is 3. The van der Waals surface area contributed by atoms with Gasteiger partial charge in [0.15, 0.2) is 0 Å². The van der Waals surface area contributed by atoms with Crippen LogP contribution in [0.4, 0.5) is 0 Å². The molecule has 1 heterocycles. The summed E-state index contributed by atoms with van der Waals surface area (Å²) in [5.41, 5.74) is 7.30. The van der Waals surface area contributed by atoms with E-state index in [0.29, 0.717) is 18.7 Å². The molecule has 114 valence electrons. The van der Waals surface area contributed by atoms with Crippen molar-refractivity contribution in [3.05, 3.63) is 35.4 Å². The fourth-order valence-electron chi connectivity index (χ4n) is 2.62. The zero-order valence-electron chi connectivity index (χ0n) is 12.6. The van der Waals surface area contributed by atoms with Crippen LogP contribution in [0.1, 0.15) is 35.7 Å². The maximum atomic E-state index is 12.2. The number of hydrogen-bond donors (Lipinski definition) is 2. The summed E-state index contributed by atoms with van der Waals surface area (Å²) >= 11 is 0. The van der Waals surface area contributed by atoms with Gasteiger partial charge in [-0.15, -0.1) is 0 Å². The van der Waals surface area contributed by atoms with Gasteiger partial charge in [0, 0.05) is 24.7 Å². The third-order valence-corrected chi connectivity index (χ3v) is 3.92. The number of nitrogens with two attached hydrogens (primary N) is 1. The van der Waals surface area contributed by atoms with Crippen molar-refractivity contribution in [1.82, 2.24) is 10.2 Å². The quantitative estimate of drug-likeness (QED) is 0.874. The van der Waals surface area contributed by atoms with E-state index in [0.717, 1.165) is 18.4 Å².